The molecule has 0 saturated carbocycles. The second-order valence-electron chi connectivity index (χ2n) is 9.16. The molecule has 3 aromatic rings. The van der Waals surface area contributed by atoms with Gasteiger partial charge in [-0.15, -0.1) is 0 Å². The molecule has 2 N–H and O–H groups in total. The van der Waals surface area contributed by atoms with Crippen LogP contribution in [0.1, 0.15) is 76.8 Å². The van der Waals surface area contributed by atoms with Crippen LogP contribution >= 0.6 is 0 Å². The predicted octanol–water partition coefficient (Wildman–Crippen LogP) is 7.88. The Balaban J connectivity index is 0.00000187. The second-order valence-corrected chi connectivity index (χ2v) is 9.16. The molecule has 0 bridgehead atoms. The summed E-state index contributed by atoms with van der Waals surface area (Å²) in [7, 11) is 0. The fraction of sp³-hybridized carbons (Fsp3) is 0.407. The van der Waals surface area contributed by atoms with Crippen LogP contribution in [0, 0.1) is 25.1 Å². The lowest BCUT2D eigenvalue weighted by Crippen LogP contribution is -2.27. The minimum Gasteiger partial charge on any atom is -0.444 e. The van der Waals surface area contributed by atoms with Crippen LogP contribution in [0.25, 0.3) is 16.6 Å². The van der Waals surface area contributed by atoms with Gasteiger partial charge in [0.05, 0.1) is 11.2 Å². The Kier molecular flexibility index (Phi) is 8.06. The summed E-state index contributed by atoms with van der Waals surface area (Å²) in [5.74, 6) is -0.0319. The number of carbonyl (C=O) groups excluding carboxylic acids is 1. The van der Waals surface area contributed by atoms with Crippen molar-refractivity contribution in [1.29, 1.82) is 5.41 Å². The molecule has 1 aromatic heterocycles. The zero-order chi connectivity index (χ0) is 25.1. The van der Waals surface area contributed by atoms with Crippen molar-refractivity contribution in [1.82, 2.24) is 4.57 Å². The van der Waals surface area contributed by atoms with E-state index >= 15 is 0 Å². The lowest BCUT2D eigenvalue weighted by molar-refractivity contribution is 0.0636. The van der Waals surface area contributed by atoms with Crippen LogP contribution in [0.4, 0.5) is 14.9 Å². The number of nitrogens with zero attached hydrogens (tertiary/aromatic N) is 1. The van der Waals surface area contributed by atoms with Crippen molar-refractivity contribution in [3.63, 3.8) is 0 Å². The molecule has 0 spiro atoms. The summed E-state index contributed by atoms with van der Waals surface area (Å²) in [4.78, 5) is 12.3. The van der Waals surface area contributed by atoms with Crippen molar-refractivity contribution in [2.45, 2.75) is 73.8 Å². The molecule has 0 unspecified atom stereocenters. The van der Waals surface area contributed by atoms with E-state index in [-0.39, 0.29) is 11.7 Å². The molecule has 33 heavy (non-hydrogen) atoms. The van der Waals surface area contributed by atoms with E-state index in [0.717, 1.165) is 27.8 Å². The summed E-state index contributed by atoms with van der Waals surface area (Å²) in [5, 5.41) is 11.6. The van der Waals surface area contributed by atoms with Crippen molar-refractivity contribution in [3.8, 4) is 5.69 Å². The maximum Gasteiger partial charge on any atom is 0.412 e. The SMILES string of the molecule is CC.Cc1cc(-n2c(C(C)C)c(C)c3cc(NC(=O)OC(C)(C)C)c(C=N)cc32)ccc1F. The van der Waals surface area contributed by atoms with Gasteiger partial charge in [-0.1, -0.05) is 27.7 Å². The lowest BCUT2D eigenvalue weighted by Gasteiger charge is -2.20. The maximum absolute atomic E-state index is 13.9. The second kappa shape index (κ2) is 10.2. The molecule has 5 nitrogen and oxygen atoms in total. The van der Waals surface area contributed by atoms with Crippen LogP contribution in [0.2, 0.25) is 0 Å². The van der Waals surface area contributed by atoms with Crippen LogP contribution in [0.5, 0.6) is 0 Å². The van der Waals surface area contributed by atoms with E-state index < -0.39 is 11.7 Å². The first-order valence-corrected chi connectivity index (χ1v) is 11.4. The molecule has 6 heteroatoms. The molecule has 0 atom stereocenters. The Morgan fingerprint density at radius 1 is 1.15 bits per heavy atom. The zero-order valence-electron chi connectivity index (χ0n) is 21.2. The third kappa shape index (κ3) is 5.62. The van der Waals surface area contributed by atoms with Crippen LogP contribution in [0.15, 0.2) is 30.3 Å². The maximum atomic E-state index is 13.9. The number of ether oxygens (including phenoxy) is 1. The van der Waals surface area contributed by atoms with Gasteiger partial charge < -0.3 is 14.7 Å². The Bertz CT molecular complexity index is 1170. The van der Waals surface area contributed by atoms with Gasteiger partial charge in [-0.3, -0.25) is 5.32 Å². The summed E-state index contributed by atoms with van der Waals surface area (Å²) in [6.45, 7) is 17.4. The predicted molar refractivity (Wildman–Crippen MR) is 136 cm³/mol. The van der Waals surface area contributed by atoms with E-state index in [4.69, 9.17) is 10.1 Å². The molecule has 1 heterocycles. The summed E-state index contributed by atoms with van der Waals surface area (Å²) in [6, 6.07) is 8.84. The molecule has 0 radical (unpaired) electrons. The quantitative estimate of drug-likeness (QED) is 0.395. The number of fused-ring (bicyclic) bond motifs is 1. The number of aryl methyl sites for hydroxylation is 2. The number of aromatic nitrogens is 1. The molecule has 178 valence electrons. The summed E-state index contributed by atoms with van der Waals surface area (Å²) in [6.07, 6.45) is 0.648. The summed E-state index contributed by atoms with van der Waals surface area (Å²) < 4.78 is 21.4. The van der Waals surface area contributed by atoms with E-state index in [1.54, 1.807) is 33.8 Å². The van der Waals surface area contributed by atoms with E-state index in [2.05, 4.69) is 23.7 Å². The van der Waals surface area contributed by atoms with E-state index in [1.807, 2.05) is 39.0 Å². The highest BCUT2D eigenvalue weighted by Crippen LogP contribution is 2.36. The third-order valence-corrected chi connectivity index (χ3v) is 5.18. The minimum absolute atomic E-state index is 0.212. The van der Waals surface area contributed by atoms with Crippen molar-refractivity contribution in [2.24, 2.45) is 0 Å². The number of hydrogen-bond donors (Lipinski definition) is 2. The number of rotatable bonds is 4. The monoisotopic (exact) mass is 453 g/mol. The summed E-state index contributed by atoms with van der Waals surface area (Å²) in [5.41, 5.74) is 4.98. The molecule has 0 aliphatic carbocycles. The number of hydrogen-bond acceptors (Lipinski definition) is 3. The van der Waals surface area contributed by atoms with Gasteiger partial charge in [0.2, 0.25) is 0 Å². The van der Waals surface area contributed by atoms with Crippen LogP contribution in [-0.2, 0) is 4.74 Å². The first kappa shape index (κ1) is 26.1. The highest BCUT2D eigenvalue weighted by molar-refractivity contribution is 6.01. The third-order valence-electron chi connectivity index (χ3n) is 5.18. The molecule has 2 aromatic carbocycles. The van der Waals surface area contributed by atoms with Gasteiger partial charge in [0.1, 0.15) is 11.4 Å². The lowest BCUT2D eigenvalue weighted by atomic mass is 10.0. The zero-order valence-corrected chi connectivity index (χ0v) is 21.2. The van der Waals surface area contributed by atoms with Crippen LogP contribution < -0.4 is 5.32 Å². The number of nitrogens with one attached hydrogen (secondary N) is 2. The largest absolute Gasteiger partial charge is 0.444 e. The highest BCUT2D eigenvalue weighted by atomic mass is 19.1. The highest BCUT2D eigenvalue weighted by Gasteiger charge is 2.22. The average Bonchev–Trinajstić information content (AvgIpc) is 3.01. The van der Waals surface area contributed by atoms with Gasteiger partial charge in [0.25, 0.3) is 0 Å². The first-order chi connectivity index (χ1) is 15.4. The molecule has 0 aliphatic rings. The van der Waals surface area contributed by atoms with Gasteiger partial charge in [-0.25, -0.2) is 9.18 Å². The van der Waals surface area contributed by atoms with Gasteiger partial charge in [-0.2, -0.15) is 0 Å². The van der Waals surface area contributed by atoms with E-state index in [0.29, 0.717) is 16.8 Å². The fourth-order valence-electron chi connectivity index (χ4n) is 3.90. The van der Waals surface area contributed by atoms with Gasteiger partial charge in [0, 0.05) is 28.5 Å². The number of anilines is 1. The topological polar surface area (TPSA) is 67.1 Å². The Morgan fingerprint density at radius 3 is 2.30 bits per heavy atom. The molecule has 3 rings (SSSR count). The fourth-order valence-corrected chi connectivity index (χ4v) is 3.90. The molecule has 1 amide bonds. The van der Waals surface area contributed by atoms with Gasteiger partial charge in [-0.05, 0) is 82.0 Å². The van der Waals surface area contributed by atoms with Crippen molar-refractivity contribution >= 4 is 28.9 Å². The molecule has 0 saturated heterocycles. The van der Waals surface area contributed by atoms with Crippen LogP contribution in [0.3, 0.4) is 0 Å². The Hall–Kier alpha value is -3.15. The van der Waals surface area contributed by atoms with E-state index in [9.17, 15) is 9.18 Å². The van der Waals surface area contributed by atoms with E-state index in [1.165, 1.54) is 12.3 Å². The minimum atomic E-state index is -0.622. The Morgan fingerprint density at radius 2 is 1.79 bits per heavy atom. The standard InChI is InChI=1S/C25H30FN3O2.C2H6/c1-14(2)23-16(4)19-12-21(28-24(30)31-25(5,6)7)17(13-27)11-22(19)29(23)18-8-9-20(26)15(3)10-18;1-2/h8-14,27H,1-7H3,(H,28,30);1-2H3. The number of carbonyl (C=O) groups is 1. The normalized spacial score (nSPS) is 11.2. The van der Waals surface area contributed by atoms with Crippen molar-refractivity contribution in [3.05, 3.63) is 58.5 Å². The van der Waals surface area contributed by atoms with Crippen molar-refractivity contribution < 1.29 is 13.9 Å². The summed E-state index contributed by atoms with van der Waals surface area (Å²) >= 11 is 0. The number of amides is 1. The van der Waals surface area contributed by atoms with Gasteiger partial charge >= 0.3 is 6.09 Å². The number of benzene rings is 2. The smallest absolute Gasteiger partial charge is 0.412 e. The molecular weight excluding hydrogens is 417 g/mol. The van der Waals surface area contributed by atoms with Crippen molar-refractivity contribution in [2.75, 3.05) is 5.32 Å². The molecular formula is C27H36FN3O2. The Labute approximate surface area is 196 Å². The molecule has 0 aliphatic heterocycles. The molecule has 0 fully saturated rings. The van der Waals surface area contributed by atoms with Gasteiger partial charge in [0.15, 0.2) is 0 Å². The average molecular weight is 454 g/mol. The number of halogens is 1. The van der Waals surface area contributed by atoms with Crippen LogP contribution in [-0.4, -0.2) is 22.5 Å². The first-order valence-electron chi connectivity index (χ1n) is 11.4.